The lowest BCUT2D eigenvalue weighted by Crippen LogP contribution is -2.37. The minimum atomic E-state index is -4.79. The second-order valence-electron chi connectivity index (χ2n) is 5.34. The van der Waals surface area contributed by atoms with E-state index >= 15 is 0 Å². The fourth-order valence-corrected chi connectivity index (χ4v) is 2.11. The number of urea groups is 1. The van der Waals surface area contributed by atoms with E-state index in [9.17, 15) is 18.0 Å². The monoisotopic (exact) mass is 362 g/mol. The molecule has 26 heavy (non-hydrogen) atoms. The lowest BCUT2D eigenvalue weighted by molar-refractivity contribution is -0.275. The molecule has 0 saturated heterocycles. The molecule has 0 aliphatic rings. The van der Waals surface area contributed by atoms with Crippen molar-refractivity contribution in [3.05, 3.63) is 65.7 Å². The molecule has 2 amide bonds. The second kappa shape index (κ2) is 8.81. The van der Waals surface area contributed by atoms with Crippen molar-refractivity contribution in [3.63, 3.8) is 0 Å². The summed E-state index contributed by atoms with van der Waals surface area (Å²) in [4.78, 5) is 13.3. The fourth-order valence-electron chi connectivity index (χ4n) is 2.11. The molecule has 4 nitrogen and oxygen atoms in total. The number of halogens is 3. The van der Waals surface area contributed by atoms with Crippen LogP contribution in [0.1, 0.15) is 11.1 Å². The van der Waals surface area contributed by atoms with Crippen molar-refractivity contribution in [3.8, 4) is 17.6 Å². The maximum absolute atomic E-state index is 12.4. The number of hydrogen-bond acceptors (Lipinski definition) is 2. The van der Waals surface area contributed by atoms with Crippen LogP contribution in [-0.2, 0) is 6.54 Å². The highest BCUT2D eigenvalue weighted by Crippen LogP contribution is 2.26. The third kappa shape index (κ3) is 6.40. The van der Waals surface area contributed by atoms with Gasteiger partial charge < -0.3 is 15.0 Å². The van der Waals surface area contributed by atoms with E-state index in [4.69, 9.17) is 0 Å². The molecule has 1 N–H and O–H groups in total. The molecule has 7 heteroatoms. The number of ether oxygens (including phenoxy) is 1. The van der Waals surface area contributed by atoms with Gasteiger partial charge in [-0.3, -0.25) is 0 Å². The van der Waals surface area contributed by atoms with Crippen LogP contribution in [0.5, 0.6) is 5.75 Å². The summed E-state index contributed by atoms with van der Waals surface area (Å²) in [5.74, 6) is 5.38. The van der Waals surface area contributed by atoms with E-state index in [1.807, 2.05) is 30.3 Å². The molecular formula is C19H17F3N2O2. The van der Waals surface area contributed by atoms with E-state index in [0.717, 1.165) is 5.56 Å². The predicted molar refractivity (Wildman–Crippen MR) is 91.3 cm³/mol. The number of nitrogens with one attached hydrogen (secondary N) is 1. The number of benzene rings is 2. The van der Waals surface area contributed by atoms with E-state index in [2.05, 4.69) is 21.9 Å². The third-order valence-corrected chi connectivity index (χ3v) is 3.29. The topological polar surface area (TPSA) is 41.6 Å². The second-order valence-corrected chi connectivity index (χ2v) is 5.34. The first-order chi connectivity index (χ1) is 12.3. The Hall–Kier alpha value is -3.14. The number of hydrogen-bond donors (Lipinski definition) is 1. The highest BCUT2D eigenvalue weighted by molar-refractivity contribution is 5.74. The molecule has 0 aliphatic heterocycles. The van der Waals surface area contributed by atoms with Crippen molar-refractivity contribution in [2.45, 2.75) is 12.9 Å². The van der Waals surface area contributed by atoms with Gasteiger partial charge in [-0.2, -0.15) is 0 Å². The molecule has 0 bridgehead atoms. The zero-order valence-corrected chi connectivity index (χ0v) is 14.0. The van der Waals surface area contributed by atoms with Crippen LogP contribution in [0.2, 0.25) is 0 Å². The molecule has 0 saturated carbocycles. The number of alkyl halides is 3. The number of carbonyl (C=O) groups is 1. The molecule has 0 radical (unpaired) electrons. The number of rotatable bonds is 4. The molecule has 0 fully saturated rings. The molecule has 136 valence electrons. The van der Waals surface area contributed by atoms with Gasteiger partial charge in [0.2, 0.25) is 0 Å². The predicted octanol–water partition coefficient (Wildman–Crippen LogP) is 3.78. The molecule has 2 aromatic carbocycles. The normalized spacial score (nSPS) is 10.5. The van der Waals surface area contributed by atoms with Crippen molar-refractivity contribution in [2.75, 3.05) is 13.6 Å². The zero-order chi connectivity index (χ0) is 19.0. The lowest BCUT2D eigenvalue weighted by Gasteiger charge is -2.19. The first-order valence-corrected chi connectivity index (χ1v) is 7.72. The summed E-state index contributed by atoms with van der Waals surface area (Å²) in [6.45, 7) is 0.0863. The van der Waals surface area contributed by atoms with Crippen LogP contribution < -0.4 is 10.1 Å². The van der Waals surface area contributed by atoms with Crippen molar-refractivity contribution < 1.29 is 22.7 Å². The first-order valence-electron chi connectivity index (χ1n) is 7.72. The molecule has 0 unspecified atom stereocenters. The number of nitrogens with zero attached hydrogens (tertiary/aromatic N) is 1. The quantitative estimate of drug-likeness (QED) is 0.841. The summed E-state index contributed by atoms with van der Waals surface area (Å²) in [5, 5.41) is 2.59. The van der Waals surface area contributed by atoms with Gasteiger partial charge in [-0.1, -0.05) is 48.2 Å². The molecule has 2 rings (SSSR count). The van der Waals surface area contributed by atoms with Crippen LogP contribution in [0, 0.1) is 11.8 Å². The molecule has 0 aliphatic carbocycles. The van der Waals surface area contributed by atoms with Crippen molar-refractivity contribution in [1.82, 2.24) is 10.2 Å². The summed E-state index contributed by atoms with van der Waals surface area (Å²) in [6, 6.07) is 14.5. The van der Waals surface area contributed by atoms with Gasteiger partial charge in [0.1, 0.15) is 5.75 Å². The van der Waals surface area contributed by atoms with E-state index in [-0.39, 0.29) is 24.4 Å². The maximum Gasteiger partial charge on any atom is 0.573 e. The molecule has 0 spiro atoms. The number of carbonyl (C=O) groups excluding carboxylic acids is 1. The Morgan fingerprint density at radius 2 is 1.77 bits per heavy atom. The highest BCUT2D eigenvalue weighted by Gasteiger charge is 2.32. The average Bonchev–Trinajstić information content (AvgIpc) is 2.60. The van der Waals surface area contributed by atoms with E-state index in [1.165, 1.54) is 30.1 Å². The smallest absolute Gasteiger partial charge is 0.405 e. The lowest BCUT2D eigenvalue weighted by atomic mass is 10.2. The van der Waals surface area contributed by atoms with Gasteiger partial charge in [-0.05, 0) is 18.2 Å². The fraction of sp³-hybridized carbons (Fsp3) is 0.211. The van der Waals surface area contributed by atoms with Gasteiger partial charge in [0.25, 0.3) is 0 Å². The van der Waals surface area contributed by atoms with Gasteiger partial charge in [-0.25, -0.2) is 4.79 Å². The first kappa shape index (κ1) is 19.2. The number of amides is 2. The Bertz CT molecular complexity index is 796. The third-order valence-electron chi connectivity index (χ3n) is 3.29. The van der Waals surface area contributed by atoms with Gasteiger partial charge in [0.05, 0.1) is 13.1 Å². The Balaban J connectivity index is 1.90. The van der Waals surface area contributed by atoms with Crippen LogP contribution in [-0.4, -0.2) is 30.9 Å². The van der Waals surface area contributed by atoms with Gasteiger partial charge in [0, 0.05) is 18.2 Å². The van der Waals surface area contributed by atoms with E-state index < -0.39 is 12.4 Å². The largest absolute Gasteiger partial charge is 0.573 e. The SMILES string of the molecule is CN(Cc1ccccc1OC(F)(F)F)C(=O)NCC#Cc1ccccc1. The summed E-state index contributed by atoms with van der Waals surface area (Å²) in [7, 11) is 1.48. The molecular weight excluding hydrogens is 345 g/mol. The van der Waals surface area contributed by atoms with Gasteiger partial charge >= 0.3 is 12.4 Å². The van der Waals surface area contributed by atoms with Crippen LogP contribution in [0.25, 0.3) is 0 Å². The van der Waals surface area contributed by atoms with E-state index in [0.29, 0.717) is 0 Å². The minimum Gasteiger partial charge on any atom is -0.405 e. The summed E-state index contributed by atoms with van der Waals surface area (Å²) < 4.78 is 41.3. The maximum atomic E-state index is 12.4. The Labute approximate surface area is 149 Å². The van der Waals surface area contributed by atoms with Crippen LogP contribution in [0.4, 0.5) is 18.0 Å². The molecule has 2 aromatic rings. The summed E-state index contributed by atoms with van der Waals surface area (Å²) in [6.07, 6.45) is -4.79. The van der Waals surface area contributed by atoms with Crippen molar-refractivity contribution >= 4 is 6.03 Å². The minimum absolute atomic E-state index is 0.0375. The van der Waals surface area contributed by atoms with Gasteiger partial charge in [0.15, 0.2) is 0 Å². The van der Waals surface area contributed by atoms with Crippen LogP contribution >= 0.6 is 0 Å². The standard InChI is InChI=1S/C19H17F3N2O2/c1-24(14-16-11-5-6-12-17(16)26-19(20,21)22)18(25)23-13-7-10-15-8-3-2-4-9-15/h2-6,8-9,11-12H,13-14H2,1H3,(H,23,25). The van der Waals surface area contributed by atoms with Crippen LogP contribution in [0.15, 0.2) is 54.6 Å². The Morgan fingerprint density at radius 3 is 2.46 bits per heavy atom. The summed E-state index contributed by atoms with van der Waals surface area (Å²) >= 11 is 0. The zero-order valence-electron chi connectivity index (χ0n) is 14.0. The highest BCUT2D eigenvalue weighted by atomic mass is 19.4. The van der Waals surface area contributed by atoms with Crippen molar-refractivity contribution in [1.29, 1.82) is 0 Å². The molecule has 0 atom stereocenters. The van der Waals surface area contributed by atoms with Crippen molar-refractivity contribution in [2.24, 2.45) is 0 Å². The van der Waals surface area contributed by atoms with E-state index in [1.54, 1.807) is 6.07 Å². The summed E-state index contributed by atoms with van der Waals surface area (Å²) in [5.41, 5.74) is 1.08. The molecule has 0 aromatic heterocycles. The average molecular weight is 362 g/mol. The Kier molecular flexibility index (Phi) is 6.50. The Morgan fingerprint density at radius 1 is 1.12 bits per heavy atom. The van der Waals surface area contributed by atoms with Gasteiger partial charge in [-0.15, -0.1) is 13.2 Å². The number of para-hydroxylation sites is 1. The van der Waals surface area contributed by atoms with Crippen LogP contribution in [0.3, 0.4) is 0 Å². The molecule has 0 heterocycles.